The summed E-state index contributed by atoms with van der Waals surface area (Å²) < 4.78 is 0. The Bertz CT molecular complexity index is 224. The van der Waals surface area contributed by atoms with Crippen molar-refractivity contribution in [3.8, 4) is 0 Å². The van der Waals surface area contributed by atoms with Gasteiger partial charge in [0.25, 0.3) is 0 Å². The molecule has 0 aromatic rings. The van der Waals surface area contributed by atoms with Gasteiger partial charge in [-0.25, -0.2) is 4.79 Å². The topological polar surface area (TPSA) is 67.1 Å². The second kappa shape index (κ2) is 4.40. The van der Waals surface area contributed by atoms with Crippen LogP contribution in [0.3, 0.4) is 0 Å². The Balaban J connectivity index is 1.80. The highest BCUT2D eigenvalue weighted by Crippen LogP contribution is 2.32. The summed E-state index contributed by atoms with van der Waals surface area (Å²) in [5.41, 5.74) is 5.45. The summed E-state index contributed by atoms with van der Waals surface area (Å²) in [6.07, 6.45) is 3.44. The van der Waals surface area contributed by atoms with Crippen LogP contribution in [-0.4, -0.2) is 35.7 Å². The first-order chi connectivity index (χ1) is 6.81. The fourth-order valence-electron chi connectivity index (χ4n) is 2.13. The largest absolute Gasteiger partial charge is 0.332 e. The van der Waals surface area contributed by atoms with Crippen molar-refractivity contribution in [2.45, 2.75) is 36.6 Å². The molecule has 2 heterocycles. The van der Waals surface area contributed by atoms with E-state index in [0.717, 1.165) is 18.7 Å². The van der Waals surface area contributed by atoms with Crippen LogP contribution in [0.5, 0.6) is 0 Å². The number of hydrogen-bond acceptors (Lipinski definition) is 3. The predicted molar refractivity (Wildman–Crippen MR) is 58.4 cm³/mol. The second-order valence-electron chi connectivity index (χ2n) is 3.91. The molecule has 2 rings (SSSR count). The molecule has 2 fully saturated rings. The molecule has 2 amide bonds. The van der Waals surface area contributed by atoms with E-state index in [9.17, 15) is 4.79 Å². The van der Waals surface area contributed by atoms with Gasteiger partial charge in [-0.05, 0) is 19.4 Å². The highest BCUT2D eigenvalue weighted by atomic mass is 32.2. The number of nitrogens with one attached hydrogen (secondary N) is 2. The number of unbranched alkanes of at least 4 members (excludes halogenated alkanes) is 1. The molecular formula is C9H17N3OS. The van der Waals surface area contributed by atoms with E-state index in [-0.39, 0.29) is 6.03 Å². The van der Waals surface area contributed by atoms with E-state index in [1.165, 1.54) is 12.8 Å². The van der Waals surface area contributed by atoms with Crippen LogP contribution in [0.2, 0.25) is 0 Å². The second-order valence-corrected chi connectivity index (χ2v) is 5.18. The maximum Gasteiger partial charge on any atom is 0.315 e. The standard InChI is InChI=1S/C9H17N3OS/c10-4-2-1-3-7-8-6(5-14-7)11-9(13)12-8/h6-8H,1-5,10H2,(H2,11,12,13)/t6-,7-,8-/m0/s1. The summed E-state index contributed by atoms with van der Waals surface area (Å²) in [7, 11) is 0. The number of amides is 2. The van der Waals surface area contributed by atoms with E-state index < -0.39 is 0 Å². The molecule has 2 saturated heterocycles. The predicted octanol–water partition coefficient (Wildman–Crippen LogP) is 0.281. The Morgan fingerprint density at radius 3 is 3.07 bits per heavy atom. The fourth-order valence-corrected chi connectivity index (χ4v) is 3.68. The smallest absolute Gasteiger partial charge is 0.315 e. The molecule has 2 aliphatic rings. The summed E-state index contributed by atoms with van der Waals surface area (Å²) in [5.74, 6) is 1.05. The van der Waals surface area contributed by atoms with Gasteiger partial charge < -0.3 is 16.4 Å². The molecule has 14 heavy (non-hydrogen) atoms. The van der Waals surface area contributed by atoms with Crippen molar-refractivity contribution in [3.05, 3.63) is 0 Å². The molecular weight excluding hydrogens is 198 g/mol. The van der Waals surface area contributed by atoms with Crippen LogP contribution in [0.1, 0.15) is 19.3 Å². The number of carbonyl (C=O) groups is 1. The number of urea groups is 1. The van der Waals surface area contributed by atoms with E-state index >= 15 is 0 Å². The molecule has 0 radical (unpaired) electrons. The summed E-state index contributed by atoms with van der Waals surface area (Å²) in [6, 6.07) is 0.713. The minimum absolute atomic E-state index is 0.00382. The Kier molecular flexibility index (Phi) is 3.18. The average Bonchev–Trinajstić information content (AvgIpc) is 2.66. The van der Waals surface area contributed by atoms with Crippen LogP contribution in [-0.2, 0) is 0 Å². The molecule has 5 heteroatoms. The van der Waals surface area contributed by atoms with Gasteiger partial charge in [-0.15, -0.1) is 0 Å². The third kappa shape index (κ3) is 1.98. The number of nitrogens with two attached hydrogens (primary N) is 1. The van der Waals surface area contributed by atoms with Gasteiger partial charge in [0.1, 0.15) is 0 Å². The van der Waals surface area contributed by atoms with E-state index in [4.69, 9.17) is 5.73 Å². The zero-order chi connectivity index (χ0) is 9.97. The van der Waals surface area contributed by atoms with Gasteiger partial charge in [-0.3, -0.25) is 0 Å². The number of fused-ring (bicyclic) bond motifs is 1. The SMILES string of the molecule is NCCCC[C@@H]1SC[C@@H]2NC(=O)N[C@@H]21. The number of thioether (sulfide) groups is 1. The first-order valence-corrected chi connectivity index (χ1v) is 6.25. The van der Waals surface area contributed by atoms with E-state index in [2.05, 4.69) is 10.6 Å². The fraction of sp³-hybridized carbons (Fsp3) is 0.889. The third-order valence-electron chi connectivity index (χ3n) is 2.88. The highest BCUT2D eigenvalue weighted by Gasteiger charge is 2.42. The third-order valence-corrected chi connectivity index (χ3v) is 4.39. The van der Waals surface area contributed by atoms with Gasteiger partial charge in [0.05, 0.1) is 12.1 Å². The number of carbonyl (C=O) groups excluding carboxylic acids is 1. The lowest BCUT2D eigenvalue weighted by atomic mass is 10.0. The lowest BCUT2D eigenvalue weighted by Crippen LogP contribution is -2.36. The van der Waals surface area contributed by atoms with E-state index in [1.54, 1.807) is 0 Å². The molecule has 4 nitrogen and oxygen atoms in total. The van der Waals surface area contributed by atoms with E-state index in [1.807, 2.05) is 11.8 Å². The summed E-state index contributed by atoms with van der Waals surface area (Å²) in [4.78, 5) is 11.1. The first kappa shape index (κ1) is 10.1. The summed E-state index contributed by atoms with van der Waals surface area (Å²) in [6.45, 7) is 0.774. The van der Waals surface area contributed by atoms with Crippen LogP contribution in [0.4, 0.5) is 4.79 Å². The van der Waals surface area contributed by atoms with Gasteiger partial charge in [-0.1, -0.05) is 6.42 Å². The van der Waals surface area contributed by atoms with E-state index in [0.29, 0.717) is 17.3 Å². The van der Waals surface area contributed by atoms with Crippen molar-refractivity contribution in [1.82, 2.24) is 10.6 Å². The molecule has 0 saturated carbocycles. The van der Waals surface area contributed by atoms with Crippen LogP contribution in [0, 0.1) is 0 Å². The summed E-state index contributed by atoms with van der Waals surface area (Å²) >= 11 is 1.97. The number of hydrogen-bond donors (Lipinski definition) is 3. The van der Waals surface area contributed by atoms with Crippen LogP contribution in [0.25, 0.3) is 0 Å². The minimum Gasteiger partial charge on any atom is -0.332 e. The van der Waals surface area contributed by atoms with Gasteiger partial charge in [0.2, 0.25) is 0 Å². The Morgan fingerprint density at radius 1 is 1.43 bits per heavy atom. The normalized spacial score (nSPS) is 35.2. The van der Waals surface area contributed by atoms with Gasteiger partial charge in [-0.2, -0.15) is 11.8 Å². The van der Waals surface area contributed by atoms with Crippen molar-refractivity contribution in [1.29, 1.82) is 0 Å². The van der Waals surface area contributed by atoms with Crippen molar-refractivity contribution < 1.29 is 4.79 Å². The molecule has 0 aromatic heterocycles. The van der Waals surface area contributed by atoms with Crippen LogP contribution in [0.15, 0.2) is 0 Å². The van der Waals surface area contributed by atoms with Crippen molar-refractivity contribution in [3.63, 3.8) is 0 Å². The zero-order valence-corrected chi connectivity index (χ0v) is 8.98. The number of rotatable bonds is 4. The highest BCUT2D eigenvalue weighted by molar-refractivity contribution is 8.00. The van der Waals surface area contributed by atoms with Gasteiger partial charge >= 0.3 is 6.03 Å². The lowest BCUT2D eigenvalue weighted by Gasteiger charge is -2.16. The maximum absolute atomic E-state index is 11.1. The Labute approximate surface area is 88.4 Å². The molecule has 0 aliphatic carbocycles. The van der Waals surface area contributed by atoms with Crippen LogP contribution < -0.4 is 16.4 Å². The monoisotopic (exact) mass is 215 g/mol. The quantitative estimate of drug-likeness (QED) is 0.466. The summed E-state index contributed by atoms with van der Waals surface area (Å²) in [5, 5.41) is 6.52. The molecule has 3 atom stereocenters. The molecule has 4 N–H and O–H groups in total. The van der Waals surface area contributed by atoms with Gasteiger partial charge in [0, 0.05) is 11.0 Å². The van der Waals surface area contributed by atoms with Crippen molar-refractivity contribution in [2.24, 2.45) is 5.73 Å². The Hall–Kier alpha value is -0.420. The van der Waals surface area contributed by atoms with Crippen molar-refractivity contribution >= 4 is 17.8 Å². The zero-order valence-electron chi connectivity index (χ0n) is 8.16. The molecule has 0 aromatic carbocycles. The van der Waals surface area contributed by atoms with Crippen molar-refractivity contribution in [2.75, 3.05) is 12.3 Å². The molecule has 0 unspecified atom stereocenters. The molecule has 0 spiro atoms. The lowest BCUT2D eigenvalue weighted by molar-refractivity contribution is 0.247. The molecule has 80 valence electrons. The van der Waals surface area contributed by atoms with Gasteiger partial charge in [0.15, 0.2) is 0 Å². The molecule has 2 aliphatic heterocycles. The Morgan fingerprint density at radius 2 is 2.29 bits per heavy atom. The van der Waals surface area contributed by atoms with Crippen LogP contribution >= 0.6 is 11.8 Å². The minimum atomic E-state index is 0.00382. The maximum atomic E-state index is 11.1. The molecule has 0 bridgehead atoms. The average molecular weight is 215 g/mol. The first-order valence-electron chi connectivity index (χ1n) is 5.20.